The highest BCUT2D eigenvalue weighted by Crippen LogP contribution is 2.35. The zero-order chi connectivity index (χ0) is 17.0. The third kappa shape index (κ3) is 4.11. The zero-order valence-corrected chi connectivity index (χ0v) is 13.8. The molecule has 1 aromatic carbocycles. The van der Waals surface area contributed by atoms with Crippen LogP contribution in [0.25, 0.3) is 5.70 Å². The van der Waals surface area contributed by atoms with Crippen LogP contribution in [0.3, 0.4) is 0 Å². The number of rotatable bonds is 3. The van der Waals surface area contributed by atoms with Crippen molar-refractivity contribution in [3.63, 3.8) is 0 Å². The molecule has 1 atom stereocenters. The third-order valence-electron chi connectivity index (χ3n) is 3.38. The number of benzene rings is 1. The van der Waals surface area contributed by atoms with Crippen molar-refractivity contribution in [1.82, 2.24) is 5.32 Å². The smallest absolute Gasteiger partial charge is 0.130 e. The van der Waals surface area contributed by atoms with Gasteiger partial charge in [0.15, 0.2) is 0 Å². The van der Waals surface area contributed by atoms with Crippen molar-refractivity contribution in [3.8, 4) is 17.9 Å². The molecule has 0 amide bonds. The van der Waals surface area contributed by atoms with E-state index >= 15 is 0 Å². The van der Waals surface area contributed by atoms with Crippen molar-refractivity contribution >= 4 is 11.5 Å². The highest BCUT2D eigenvalue weighted by molar-refractivity contribution is 5.91. The number of amidine groups is 1. The third-order valence-corrected chi connectivity index (χ3v) is 3.38. The predicted octanol–water partition coefficient (Wildman–Crippen LogP) is 3.38. The SMILES string of the molecule is CC(=NC(C)CC#N)NC1=CC(C)(C)Oc2ccc(C#N)cc21. The molecule has 1 N–H and O–H groups in total. The van der Waals surface area contributed by atoms with E-state index in [9.17, 15) is 0 Å². The van der Waals surface area contributed by atoms with Gasteiger partial charge in [0.2, 0.25) is 0 Å². The normalized spacial score (nSPS) is 17.0. The molecule has 0 fully saturated rings. The quantitative estimate of drug-likeness (QED) is 0.685. The summed E-state index contributed by atoms with van der Waals surface area (Å²) >= 11 is 0. The van der Waals surface area contributed by atoms with Crippen LogP contribution in [0.5, 0.6) is 5.75 Å². The van der Waals surface area contributed by atoms with Crippen molar-refractivity contribution in [2.45, 2.75) is 45.8 Å². The fraction of sp³-hybridized carbons (Fsp3) is 0.389. The van der Waals surface area contributed by atoms with Gasteiger partial charge >= 0.3 is 0 Å². The summed E-state index contributed by atoms with van der Waals surface area (Å²) in [6, 6.07) is 9.55. The van der Waals surface area contributed by atoms with Gasteiger partial charge in [0.1, 0.15) is 11.4 Å². The molecule has 0 saturated heterocycles. The van der Waals surface area contributed by atoms with E-state index in [0.29, 0.717) is 12.0 Å². The first kappa shape index (κ1) is 16.6. The van der Waals surface area contributed by atoms with Crippen molar-refractivity contribution in [2.75, 3.05) is 0 Å². The van der Waals surface area contributed by atoms with Crippen LogP contribution in [0.2, 0.25) is 0 Å². The molecule has 5 heteroatoms. The molecule has 1 unspecified atom stereocenters. The van der Waals surface area contributed by atoms with E-state index in [2.05, 4.69) is 22.4 Å². The fourth-order valence-corrected chi connectivity index (χ4v) is 2.48. The lowest BCUT2D eigenvalue weighted by atomic mass is 9.98. The second-order valence-electron chi connectivity index (χ2n) is 6.14. The van der Waals surface area contributed by atoms with E-state index < -0.39 is 5.60 Å². The number of fused-ring (bicyclic) bond motifs is 1. The molecule has 1 aliphatic rings. The molecule has 0 bridgehead atoms. The molecule has 5 nitrogen and oxygen atoms in total. The predicted molar refractivity (Wildman–Crippen MR) is 89.8 cm³/mol. The maximum atomic E-state index is 9.10. The molecular formula is C18H20N4O. The molecular weight excluding hydrogens is 288 g/mol. The topological polar surface area (TPSA) is 81.2 Å². The molecule has 118 valence electrons. The second-order valence-corrected chi connectivity index (χ2v) is 6.14. The van der Waals surface area contributed by atoms with E-state index in [0.717, 1.165) is 22.8 Å². The number of aliphatic imine (C=N–C) groups is 1. The maximum absolute atomic E-state index is 9.10. The number of ether oxygens (including phenoxy) is 1. The van der Waals surface area contributed by atoms with Gasteiger partial charge in [-0.05, 0) is 52.0 Å². The summed E-state index contributed by atoms with van der Waals surface area (Å²) in [7, 11) is 0. The van der Waals surface area contributed by atoms with Gasteiger partial charge in [-0.3, -0.25) is 4.99 Å². The molecule has 23 heavy (non-hydrogen) atoms. The first-order valence-corrected chi connectivity index (χ1v) is 7.49. The van der Waals surface area contributed by atoms with Gasteiger partial charge < -0.3 is 10.1 Å². The molecule has 0 radical (unpaired) electrons. The highest BCUT2D eigenvalue weighted by atomic mass is 16.5. The molecule has 0 saturated carbocycles. The van der Waals surface area contributed by atoms with Gasteiger partial charge in [-0.2, -0.15) is 10.5 Å². The minimum Gasteiger partial charge on any atom is -0.483 e. The largest absolute Gasteiger partial charge is 0.483 e. The Morgan fingerprint density at radius 1 is 1.39 bits per heavy atom. The summed E-state index contributed by atoms with van der Waals surface area (Å²) in [6.45, 7) is 7.71. The Labute approximate surface area is 136 Å². The molecule has 0 aliphatic carbocycles. The summed E-state index contributed by atoms with van der Waals surface area (Å²) in [5, 5.41) is 21.1. The molecule has 0 spiro atoms. The minimum absolute atomic E-state index is 0.0640. The Morgan fingerprint density at radius 3 is 2.78 bits per heavy atom. The summed E-state index contributed by atoms with van der Waals surface area (Å²) in [5.74, 6) is 1.46. The fourth-order valence-electron chi connectivity index (χ4n) is 2.48. The minimum atomic E-state index is -0.456. The lowest BCUT2D eigenvalue weighted by Gasteiger charge is -2.31. The van der Waals surface area contributed by atoms with Gasteiger partial charge in [0, 0.05) is 5.56 Å². The standard InChI is InChI=1S/C18H20N4O/c1-12(7-8-19)21-13(2)22-16-10-18(3,4)23-17-6-5-14(11-20)9-15(16)17/h5-6,9-10,12H,7H2,1-4H3,(H,21,22). The zero-order valence-electron chi connectivity index (χ0n) is 13.8. The average molecular weight is 308 g/mol. The van der Waals surface area contributed by atoms with Gasteiger partial charge in [-0.15, -0.1) is 0 Å². The van der Waals surface area contributed by atoms with E-state index in [1.54, 1.807) is 12.1 Å². The molecule has 2 rings (SSSR count). The van der Waals surface area contributed by atoms with Gasteiger partial charge in [0.05, 0.1) is 41.7 Å². The Kier molecular flexibility index (Phi) is 4.71. The van der Waals surface area contributed by atoms with E-state index in [-0.39, 0.29) is 6.04 Å². The Morgan fingerprint density at radius 2 is 2.13 bits per heavy atom. The van der Waals surface area contributed by atoms with Crippen LogP contribution in [-0.2, 0) is 0 Å². The van der Waals surface area contributed by atoms with Crippen molar-refractivity contribution in [2.24, 2.45) is 4.99 Å². The Hall–Kier alpha value is -2.79. The summed E-state index contributed by atoms with van der Waals surface area (Å²) in [4.78, 5) is 4.46. The van der Waals surface area contributed by atoms with E-state index in [1.807, 2.05) is 39.8 Å². The number of nitrogens with zero attached hydrogens (tertiary/aromatic N) is 3. The molecule has 1 heterocycles. The van der Waals surface area contributed by atoms with Gasteiger partial charge in [-0.25, -0.2) is 0 Å². The van der Waals surface area contributed by atoms with Crippen molar-refractivity contribution in [3.05, 3.63) is 35.4 Å². The van der Waals surface area contributed by atoms with Crippen molar-refractivity contribution < 1.29 is 4.74 Å². The van der Waals surface area contributed by atoms with E-state index in [4.69, 9.17) is 15.3 Å². The van der Waals surface area contributed by atoms with Crippen LogP contribution in [0.1, 0.15) is 45.2 Å². The average Bonchev–Trinajstić information content (AvgIpc) is 2.45. The van der Waals surface area contributed by atoms with Crippen LogP contribution in [-0.4, -0.2) is 17.5 Å². The lowest BCUT2D eigenvalue weighted by molar-refractivity contribution is 0.157. The van der Waals surface area contributed by atoms with Gasteiger partial charge in [0.25, 0.3) is 0 Å². The summed E-state index contributed by atoms with van der Waals surface area (Å²) in [6.07, 6.45) is 2.35. The van der Waals surface area contributed by atoms with Gasteiger partial charge in [-0.1, -0.05) is 0 Å². The Balaban J connectivity index is 2.35. The number of nitriles is 2. The first-order chi connectivity index (χ1) is 10.8. The number of hydrogen-bond donors (Lipinski definition) is 1. The van der Waals surface area contributed by atoms with Crippen LogP contribution in [0, 0.1) is 22.7 Å². The highest BCUT2D eigenvalue weighted by Gasteiger charge is 2.27. The number of hydrogen-bond acceptors (Lipinski definition) is 4. The molecule has 1 aliphatic heterocycles. The van der Waals surface area contributed by atoms with Crippen LogP contribution < -0.4 is 10.1 Å². The summed E-state index contributed by atoms with van der Waals surface area (Å²) < 4.78 is 5.94. The van der Waals surface area contributed by atoms with Crippen LogP contribution >= 0.6 is 0 Å². The van der Waals surface area contributed by atoms with Crippen molar-refractivity contribution in [1.29, 1.82) is 10.5 Å². The van der Waals surface area contributed by atoms with Crippen LogP contribution in [0.4, 0.5) is 0 Å². The Bertz CT molecular complexity index is 747. The van der Waals surface area contributed by atoms with E-state index in [1.165, 1.54) is 0 Å². The molecule has 1 aromatic rings. The molecule has 0 aromatic heterocycles. The number of nitrogens with one attached hydrogen (secondary N) is 1. The second kappa shape index (κ2) is 6.54. The first-order valence-electron chi connectivity index (χ1n) is 7.49. The maximum Gasteiger partial charge on any atom is 0.130 e. The lowest BCUT2D eigenvalue weighted by Crippen LogP contribution is -2.33. The summed E-state index contributed by atoms with van der Waals surface area (Å²) in [5.41, 5.74) is 1.82. The monoisotopic (exact) mass is 308 g/mol. The van der Waals surface area contributed by atoms with Crippen LogP contribution in [0.15, 0.2) is 29.3 Å².